The third-order valence-corrected chi connectivity index (χ3v) is 9.90. The second-order valence-corrected chi connectivity index (χ2v) is 14.2. The van der Waals surface area contributed by atoms with Crippen LogP contribution in [0.2, 0.25) is 0 Å². The van der Waals surface area contributed by atoms with Gasteiger partial charge < -0.3 is 5.32 Å². The van der Waals surface area contributed by atoms with Crippen LogP contribution in [0.1, 0.15) is 70.2 Å². The molecule has 0 radical (unpaired) electrons. The number of hydrogen-bond acceptors (Lipinski definition) is 3. The molecule has 1 aliphatic heterocycles. The lowest BCUT2D eigenvalue weighted by Gasteiger charge is -2.27. The molecule has 0 fully saturated rings. The van der Waals surface area contributed by atoms with Crippen molar-refractivity contribution in [3.63, 3.8) is 0 Å². The quantitative estimate of drug-likeness (QED) is 0.334. The van der Waals surface area contributed by atoms with Crippen molar-refractivity contribution in [2.24, 2.45) is 5.41 Å². The minimum atomic E-state index is -2.30. The van der Waals surface area contributed by atoms with E-state index in [9.17, 15) is 4.21 Å². The van der Waals surface area contributed by atoms with E-state index in [1.54, 1.807) is 11.3 Å². The highest BCUT2D eigenvalue weighted by Crippen LogP contribution is 2.49. The van der Waals surface area contributed by atoms with Gasteiger partial charge >= 0.3 is 0 Å². The van der Waals surface area contributed by atoms with E-state index in [1.165, 1.54) is 27.1 Å². The number of thiophene rings is 1. The van der Waals surface area contributed by atoms with Gasteiger partial charge in [-0.3, -0.25) is 4.21 Å². The van der Waals surface area contributed by atoms with Crippen molar-refractivity contribution >= 4 is 38.1 Å². The van der Waals surface area contributed by atoms with Crippen molar-refractivity contribution in [1.29, 1.82) is 0 Å². The number of hydrogen-bond donors (Lipinski definition) is 1. The first kappa shape index (κ1) is 24.8. The molecule has 1 aromatic heterocycles. The first-order valence-corrected chi connectivity index (χ1v) is 15.0. The predicted molar refractivity (Wildman–Crippen MR) is 154 cm³/mol. The van der Waals surface area contributed by atoms with E-state index in [0.29, 0.717) is 11.7 Å². The molecule has 2 heterocycles. The Labute approximate surface area is 210 Å². The molecular weight excluding hydrogens is 454 g/mol. The van der Waals surface area contributed by atoms with Crippen LogP contribution in [0.15, 0.2) is 59.3 Å². The number of anilines is 1. The van der Waals surface area contributed by atoms with Crippen LogP contribution in [0.5, 0.6) is 0 Å². The molecule has 4 heteroatoms. The predicted octanol–water partition coefficient (Wildman–Crippen LogP) is 8.89. The van der Waals surface area contributed by atoms with Gasteiger partial charge in [-0.05, 0) is 92.3 Å². The van der Waals surface area contributed by atoms with Crippen LogP contribution in [0.4, 0.5) is 5.69 Å². The summed E-state index contributed by atoms with van der Waals surface area (Å²) in [4.78, 5) is 2.05. The van der Waals surface area contributed by atoms with Gasteiger partial charge in [-0.15, -0.1) is 11.3 Å². The molecule has 2 atom stereocenters. The fraction of sp³-hybridized carbons (Fsp3) is 0.367. The summed E-state index contributed by atoms with van der Waals surface area (Å²) in [5.41, 5.74) is 8.57. The zero-order valence-corrected chi connectivity index (χ0v) is 22.8. The molecule has 2 aromatic carbocycles. The second kappa shape index (κ2) is 9.39. The largest absolute Gasteiger partial charge is 0.354 e. The molecule has 0 saturated heterocycles. The van der Waals surface area contributed by atoms with Crippen molar-refractivity contribution in [3.05, 3.63) is 64.9 Å². The SMILES string of the molecule is C=C1Nc2ccc([C@@H](C)CC)c(-c3ccc(S(=C)(=O)CCCC(C)(C)C)cc3)c2-c2ccsc21. The van der Waals surface area contributed by atoms with Gasteiger partial charge in [-0.1, -0.05) is 59.4 Å². The van der Waals surface area contributed by atoms with Gasteiger partial charge in [0.1, 0.15) is 0 Å². The average Bonchev–Trinajstić information content (AvgIpc) is 3.28. The van der Waals surface area contributed by atoms with Gasteiger partial charge in [0, 0.05) is 33.2 Å². The highest BCUT2D eigenvalue weighted by Gasteiger charge is 2.26. The molecule has 4 rings (SSSR count). The average molecular weight is 492 g/mol. The lowest BCUT2D eigenvalue weighted by Crippen LogP contribution is -2.11. The fourth-order valence-electron chi connectivity index (χ4n) is 4.73. The van der Waals surface area contributed by atoms with E-state index in [0.717, 1.165) is 41.1 Å². The summed E-state index contributed by atoms with van der Waals surface area (Å²) in [7, 11) is -2.30. The zero-order chi connectivity index (χ0) is 24.7. The summed E-state index contributed by atoms with van der Waals surface area (Å²) in [6.07, 6.45) is 3.04. The maximum atomic E-state index is 13.4. The third kappa shape index (κ3) is 4.89. The Morgan fingerprint density at radius 1 is 1.06 bits per heavy atom. The van der Waals surface area contributed by atoms with Gasteiger partial charge in [0.2, 0.25) is 0 Å². The summed E-state index contributed by atoms with van der Waals surface area (Å²) in [5.74, 6) is 5.20. The van der Waals surface area contributed by atoms with Gasteiger partial charge in [0.15, 0.2) is 0 Å². The molecule has 180 valence electrons. The minimum Gasteiger partial charge on any atom is -0.354 e. The van der Waals surface area contributed by atoms with E-state index in [-0.39, 0.29) is 5.41 Å². The molecule has 2 nitrogen and oxygen atoms in total. The molecule has 0 aliphatic carbocycles. The van der Waals surface area contributed by atoms with Crippen LogP contribution in [0, 0.1) is 5.41 Å². The van der Waals surface area contributed by atoms with Crippen LogP contribution < -0.4 is 5.32 Å². The molecule has 0 amide bonds. The van der Waals surface area contributed by atoms with Crippen LogP contribution in [0.25, 0.3) is 28.0 Å². The highest BCUT2D eigenvalue weighted by molar-refractivity contribution is 8.00. The maximum Gasteiger partial charge on any atom is 0.0578 e. The molecule has 3 aromatic rings. The van der Waals surface area contributed by atoms with E-state index >= 15 is 0 Å². The Morgan fingerprint density at radius 2 is 1.76 bits per heavy atom. The number of rotatable bonds is 7. The monoisotopic (exact) mass is 491 g/mol. The molecule has 0 spiro atoms. The first-order chi connectivity index (χ1) is 16.0. The summed E-state index contributed by atoms with van der Waals surface area (Å²) in [6.45, 7) is 15.5. The van der Waals surface area contributed by atoms with Gasteiger partial charge in [-0.25, -0.2) is 0 Å². The Morgan fingerprint density at radius 3 is 2.41 bits per heavy atom. The van der Waals surface area contributed by atoms with E-state index < -0.39 is 9.52 Å². The standard InChI is InChI=1S/C30H37NOS2/c1-8-20(2)24-14-15-26-28(25-16-18-33-29(25)21(3)31-26)27(24)22-10-12-23(13-11-22)34(7,32)19-9-17-30(4,5)6/h10-16,18,20,31H,3,7-9,17,19H2,1-2,4-6H3/t20-,34?/m0/s1. The van der Waals surface area contributed by atoms with Gasteiger partial charge in [0.25, 0.3) is 0 Å². The second-order valence-electron chi connectivity index (χ2n) is 10.7. The first-order valence-electron chi connectivity index (χ1n) is 12.2. The molecular formula is C30H37NOS2. The van der Waals surface area contributed by atoms with Crippen LogP contribution >= 0.6 is 11.3 Å². The van der Waals surface area contributed by atoms with Gasteiger partial charge in [0.05, 0.1) is 4.88 Å². The van der Waals surface area contributed by atoms with E-state index in [1.807, 2.05) is 12.1 Å². The summed E-state index contributed by atoms with van der Waals surface area (Å²) < 4.78 is 13.4. The Kier molecular flexibility index (Phi) is 6.85. The molecule has 0 bridgehead atoms. The molecule has 1 N–H and O–H groups in total. The Balaban J connectivity index is 1.77. The van der Waals surface area contributed by atoms with Crippen LogP contribution in [-0.4, -0.2) is 15.8 Å². The minimum absolute atomic E-state index is 0.248. The summed E-state index contributed by atoms with van der Waals surface area (Å²) in [6, 6.07) is 15.0. The zero-order valence-electron chi connectivity index (χ0n) is 21.2. The molecule has 1 aliphatic rings. The Bertz CT molecular complexity index is 1300. The lowest BCUT2D eigenvalue weighted by atomic mass is 9.83. The molecule has 34 heavy (non-hydrogen) atoms. The summed E-state index contributed by atoms with van der Waals surface area (Å²) in [5, 5.41) is 5.67. The molecule has 0 saturated carbocycles. The van der Waals surface area contributed by atoms with Crippen LogP contribution in [0.3, 0.4) is 0 Å². The lowest BCUT2D eigenvalue weighted by molar-refractivity contribution is 0.374. The smallest absolute Gasteiger partial charge is 0.0578 e. The number of fused-ring (bicyclic) bond motifs is 3. The maximum absolute atomic E-state index is 13.4. The summed E-state index contributed by atoms with van der Waals surface area (Å²) >= 11 is 1.73. The normalized spacial score (nSPS) is 15.7. The highest BCUT2D eigenvalue weighted by atomic mass is 32.2. The van der Waals surface area contributed by atoms with E-state index in [2.05, 4.69) is 88.1 Å². The molecule has 1 unspecified atom stereocenters. The van der Waals surface area contributed by atoms with Crippen molar-refractivity contribution in [3.8, 4) is 22.3 Å². The van der Waals surface area contributed by atoms with Crippen molar-refractivity contribution in [1.82, 2.24) is 0 Å². The topological polar surface area (TPSA) is 29.1 Å². The van der Waals surface area contributed by atoms with Crippen molar-refractivity contribution in [2.75, 3.05) is 11.1 Å². The Hall–Kier alpha value is -2.30. The van der Waals surface area contributed by atoms with E-state index in [4.69, 9.17) is 0 Å². The number of benzene rings is 2. The third-order valence-electron chi connectivity index (χ3n) is 6.85. The van der Waals surface area contributed by atoms with Crippen molar-refractivity contribution < 1.29 is 4.21 Å². The van der Waals surface area contributed by atoms with Gasteiger partial charge in [-0.2, -0.15) is 0 Å². The number of nitrogens with one attached hydrogen (secondary N) is 1. The van der Waals surface area contributed by atoms with Crippen LogP contribution in [-0.2, 0) is 9.52 Å². The fourth-order valence-corrected chi connectivity index (χ4v) is 7.04. The van der Waals surface area contributed by atoms with Crippen molar-refractivity contribution in [2.45, 2.75) is 64.7 Å².